The van der Waals surface area contributed by atoms with Crippen LogP contribution < -0.4 is 16.8 Å². The van der Waals surface area contributed by atoms with E-state index in [1.165, 1.54) is 37.5 Å². The Bertz CT molecular complexity index is 1120. The van der Waals surface area contributed by atoms with Crippen molar-refractivity contribution >= 4 is 17.6 Å². The molecular formula is C20H18F3N7O2. The molecule has 1 aromatic carbocycles. The fraction of sp³-hybridized carbons (Fsp3) is 0.200. The molecule has 0 saturated carbocycles. The van der Waals surface area contributed by atoms with Gasteiger partial charge in [-0.3, -0.25) is 9.59 Å². The average Bonchev–Trinajstić information content (AvgIpc) is 2.74. The predicted octanol–water partition coefficient (Wildman–Crippen LogP) is 1.85. The highest BCUT2D eigenvalue weighted by molar-refractivity contribution is 5.91. The molecule has 0 aliphatic carbocycles. The number of hydrogen-bond donors (Lipinski definition) is 3. The number of benzene rings is 1. The summed E-state index contributed by atoms with van der Waals surface area (Å²) in [6, 6.07) is 6.45. The molecule has 0 fully saturated rings. The number of aromatic nitrogens is 4. The topological polar surface area (TPSA) is 150 Å². The molecule has 2 amide bonds. The van der Waals surface area contributed by atoms with Crippen LogP contribution in [0.4, 0.5) is 19.0 Å². The summed E-state index contributed by atoms with van der Waals surface area (Å²) < 4.78 is 39.0. The number of carbonyl (C=O) groups is 2. The maximum absolute atomic E-state index is 13.0. The quantitative estimate of drug-likeness (QED) is 0.502. The van der Waals surface area contributed by atoms with Gasteiger partial charge in [-0.25, -0.2) is 9.97 Å². The molecule has 3 aromatic rings. The van der Waals surface area contributed by atoms with Crippen LogP contribution >= 0.6 is 0 Å². The predicted molar refractivity (Wildman–Crippen MR) is 107 cm³/mol. The third-order valence-electron chi connectivity index (χ3n) is 4.56. The SMILES string of the molecule is C[C@H](Nc1cc(C(N)=O)nc(C(c2ccc(C(F)(F)F)cc2)c2ccnnc2)n1)C(N)=O. The highest BCUT2D eigenvalue weighted by atomic mass is 19.4. The Morgan fingerprint density at radius 3 is 2.22 bits per heavy atom. The molecule has 2 aromatic heterocycles. The summed E-state index contributed by atoms with van der Waals surface area (Å²) in [6.45, 7) is 1.49. The largest absolute Gasteiger partial charge is 0.416 e. The minimum atomic E-state index is -4.50. The average molecular weight is 445 g/mol. The zero-order valence-electron chi connectivity index (χ0n) is 16.7. The molecule has 0 bridgehead atoms. The molecule has 12 heteroatoms. The van der Waals surface area contributed by atoms with E-state index in [1.807, 2.05) is 0 Å². The number of primary amides is 2. The molecule has 9 nitrogen and oxygen atoms in total. The zero-order valence-corrected chi connectivity index (χ0v) is 16.7. The standard InChI is InChI=1S/C20H18F3N7O2/c1-10(17(24)31)28-15-8-14(18(25)32)29-19(30-15)16(12-6-7-26-27-9-12)11-2-4-13(5-3-11)20(21,22)23/h2-10,16H,1H3,(H2,24,31)(H2,25,32)(H,28,29,30)/t10-,16?/m0/s1. The van der Waals surface area contributed by atoms with Crippen molar-refractivity contribution in [1.82, 2.24) is 20.2 Å². The van der Waals surface area contributed by atoms with E-state index in [9.17, 15) is 22.8 Å². The summed E-state index contributed by atoms with van der Waals surface area (Å²) in [5, 5.41) is 10.3. The van der Waals surface area contributed by atoms with Crippen LogP contribution in [0.3, 0.4) is 0 Å². The van der Waals surface area contributed by atoms with E-state index in [0.717, 1.165) is 12.1 Å². The molecule has 5 N–H and O–H groups in total. The smallest absolute Gasteiger partial charge is 0.368 e. The van der Waals surface area contributed by atoms with Crippen molar-refractivity contribution in [2.75, 3.05) is 5.32 Å². The first-order valence-electron chi connectivity index (χ1n) is 9.24. The third kappa shape index (κ3) is 5.14. The highest BCUT2D eigenvalue weighted by Crippen LogP contribution is 2.34. The summed E-state index contributed by atoms with van der Waals surface area (Å²) >= 11 is 0. The first-order valence-corrected chi connectivity index (χ1v) is 9.24. The summed E-state index contributed by atoms with van der Waals surface area (Å²) in [5.74, 6) is -2.19. The van der Waals surface area contributed by atoms with Crippen molar-refractivity contribution in [3.8, 4) is 0 Å². The first-order chi connectivity index (χ1) is 15.1. The van der Waals surface area contributed by atoms with Crippen molar-refractivity contribution in [3.05, 3.63) is 77.0 Å². The van der Waals surface area contributed by atoms with Crippen molar-refractivity contribution in [2.24, 2.45) is 11.5 Å². The second-order valence-electron chi connectivity index (χ2n) is 6.86. The Hall–Kier alpha value is -4.09. The Labute approximate surface area is 180 Å². The van der Waals surface area contributed by atoms with Crippen molar-refractivity contribution in [1.29, 1.82) is 0 Å². The van der Waals surface area contributed by atoms with Gasteiger partial charge >= 0.3 is 6.18 Å². The Kier molecular flexibility index (Phi) is 6.32. The molecule has 3 rings (SSSR count). The van der Waals surface area contributed by atoms with E-state index in [2.05, 4.69) is 25.5 Å². The number of nitrogens with two attached hydrogens (primary N) is 2. The van der Waals surface area contributed by atoms with Gasteiger partial charge in [-0.15, -0.1) is 0 Å². The highest BCUT2D eigenvalue weighted by Gasteiger charge is 2.31. The second-order valence-corrected chi connectivity index (χ2v) is 6.86. The van der Waals surface area contributed by atoms with E-state index in [1.54, 1.807) is 6.07 Å². The molecule has 32 heavy (non-hydrogen) atoms. The number of nitrogens with one attached hydrogen (secondary N) is 1. The number of hydrogen-bond acceptors (Lipinski definition) is 7. The van der Waals surface area contributed by atoms with Crippen LogP contribution in [0, 0.1) is 0 Å². The van der Waals surface area contributed by atoms with Gasteiger partial charge in [0.25, 0.3) is 5.91 Å². The number of amides is 2. The van der Waals surface area contributed by atoms with Gasteiger partial charge < -0.3 is 16.8 Å². The minimum absolute atomic E-state index is 0.0493. The van der Waals surface area contributed by atoms with Gasteiger partial charge in [0.2, 0.25) is 5.91 Å². The fourth-order valence-electron chi connectivity index (χ4n) is 2.91. The van der Waals surface area contributed by atoms with E-state index in [-0.39, 0.29) is 17.3 Å². The maximum Gasteiger partial charge on any atom is 0.416 e. The number of carbonyl (C=O) groups excluding carboxylic acids is 2. The van der Waals surface area contributed by atoms with Crippen LogP contribution in [0.15, 0.2) is 48.8 Å². The van der Waals surface area contributed by atoms with E-state index in [0.29, 0.717) is 11.1 Å². The van der Waals surface area contributed by atoms with Crippen molar-refractivity contribution < 1.29 is 22.8 Å². The van der Waals surface area contributed by atoms with Gasteiger partial charge in [0.15, 0.2) is 0 Å². The molecule has 0 radical (unpaired) electrons. The summed E-state index contributed by atoms with van der Waals surface area (Å²) in [5.41, 5.74) is 10.6. The Balaban J connectivity index is 2.15. The Morgan fingerprint density at radius 2 is 1.69 bits per heavy atom. The van der Waals surface area contributed by atoms with Gasteiger partial charge in [0.05, 0.1) is 17.7 Å². The summed E-state index contributed by atoms with van der Waals surface area (Å²) in [4.78, 5) is 31.8. The molecular weight excluding hydrogens is 427 g/mol. The summed E-state index contributed by atoms with van der Waals surface area (Å²) in [6.07, 6.45) is -1.70. The van der Waals surface area contributed by atoms with Gasteiger partial charge in [-0.1, -0.05) is 12.1 Å². The van der Waals surface area contributed by atoms with Gasteiger partial charge in [-0.05, 0) is 36.2 Å². The monoisotopic (exact) mass is 445 g/mol. The second kappa shape index (κ2) is 8.96. The molecule has 0 aliphatic heterocycles. The van der Waals surface area contributed by atoms with Crippen molar-refractivity contribution in [3.63, 3.8) is 0 Å². The zero-order chi connectivity index (χ0) is 23.5. The van der Waals surface area contributed by atoms with Crippen LogP contribution in [0.1, 0.15) is 45.8 Å². The molecule has 0 spiro atoms. The van der Waals surface area contributed by atoms with Crippen LogP contribution in [-0.4, -0.2) is 38.0 Å². The lowest BCUT2D eigenvalue weighted by molar-refractivity contribution is -0.137. The van der Waals surface area contributed by atoms with Crippen LogP contribution in [-0.2, 0) is 11.0 Å². The lowest BCUT2D eigenvalue weighted by Crippen LogP contribution is -2.33. The van der Waals surface area contributed by atoms with Crippen LogP contribution in [0.5, 0.6) is 0 Å². The van der Waals surface area contributed by atoms with Crippen molar-refractivity contribution in [2.45, 2.75) is 25.1 Å². The first kappa shape index (κ1) is 22.6. The van der Waals surface area contributed by atoms with E-state index < -0.39 is 35.5 Å². The number of anilines is 1. The molecule has 2 atom stereocenters. The van der Waals surface area contributed by atoms with Gasteiger partial charge in [0, 0.05) is 12.3 Å². The molecule has 1 unspecified atom stereocenters. The normalized spacial score (nSPS) is 13.2. The third-order valence-corrected chi connectivity index (χ3v) is 4.56. The van der Waals surface area contributed by atoms with E-state index >= 15 is 0 Å². The number of halogens is 3. The van der Waals surface area contributed by atoms with Gasteiger partial charge in [-0.2, -0.15) is 23.4 Å². The fourth-order valence-corrected chi connectivity index (χ4v) is 2.91. The number of rotatable bonds is 7. The van der Waals surface area contributed by atoms with Gasteiger partial charge in [0.1, 0.15) is 23.4 Å². The summed E-state index contributed by atoms with van der Waals surface area (Å²) in [7, 11) is 0. The van der Waals surface area contributed by atoms with Crippen LogP contribution in [0.25, 0.3) is 0 Å². The minimum Gasteiger partial charge on any atom is -0.368 e. The number of alkyl halides is 3. The molecule has 0 saturated heterocycles. The molecule has 166 valence electrons. The lowest BCUT2D eigenvalue weighted by atomic mass is 9.91. The molecule has 0 aliphatic rings. The Morgan fingerprint density at radius 1 is 1.00 bits per heavy atom. The van der Waals surface area contributed by atoms with Crippen LogP contribution in [0.2, 0.25) is 0 Å². The van der Waals surface area contributed by atoms with E-state index in [4.69, 9.17) is 11.5 Å². The number of nitrogens with zero attached hydrogens (tertiary/aromatic N) is 4. The lowest BCUT2D eigenvalue weighted by Gasteiger charge is -2.19. The maximum atomic E-state index is 13.0. The molecule has 2 heterocycles.